The molecule has 0 aliphatic carbocycles. The molecule has 0 fully saturated rings. The molecule has 0 radical (unpaired) electrons. The SMILES string of the molecule is Cc1ccc(NC(=O)C(=O)N(C=O)CCCN)c(N)c1. The van der Waals surface area contributed by atoms with Gasteiger partial charge in [0.1, 0.15) is 0 Å². The third kappa shape index (κ3) is 4.06. The van der Waals surface area contributed by atoms with E-state index in [1.54, 1.807) is 18.2 Å². The van der Waals surface area contributed by atoms with Gasteiger partial charge in [-0.05, 0) is 37.6 Å². The fourth-order valence-electron chi connectivity index (χ4n) is 1.57. The van der Waals surface area contributed by atoms with Crippen LogP contribution in [0.25, 0.3) is 0 Å². The Morgan fingerprint density at radius 3 is 2.65 bits per heavy atom. The maximum Gasteiger partial charge on any atom is 0.318 e. The van der Waals surface area contributed by atoms with E-state index in [-0.39, 0.29) is 6.54 Å². The number of carbonyl (C=O) groups is 3. The summed E-state index contributed by atoms with van der Waals surface area (Å²) in [6.07, 6.45) is 0.750. The summed E-state index contributed by atoms with van der Waals surface area (Å²) in [5.74, 6) is -1.85. The molecule has 0 saturated carbocycles. The van der Waals surface area contributed by atoms with Gasteiger partial charge in [0.25, 0.3) is 0 Å². The van der Waals surface area contributed by atoms with Crippen LogP contribution in [-0.2, 0) is 14.4 Å². The highest BCUT2D eigenvalue weighted by molar-refractivity contribution is 6.41. The molecule has 0 aromatic heterocycles. The third-order valence-electron chi connectivity index (χ3n) is 2.64. The Labute approximate surface area is 116 Å². The number of amides is 3. The van der Waals surface area contributed by atoms with E-state index in [9.17, 15) is 14.4 Å². The average molecular weight is 278 g/mol. The van der Waals surface area contributed by atoms with Crippen molar-refractivity contribution in [3.8, 4) is 0 Å². The Morgan fingerprint density at radius 1 is 1.40 bits per heavy atom. The van der Waals surface area contributed by atoms with E-state index in [0.29, 0.717) is 30.8 Å². The molecule has 3 amide bonds. The van der Waals surface area contributed by atoms with Crippen molar-refractivity contribution in [3.63, 3.8) is 0 Å². The van der Waals surface area contributed by atoms with Crippen LogP contribution in [0, 0.1) is 6.92 Å². The van der Waals surface area contributed by atoms with Gasteiger partial charge < -0.3 is 16.8 Å². The van der Waals surface area contributed by atoms with Crippen molar-refractivity contribution in [1.29, 1.82) is 0 Å². The first kappa shape index (κ1) is 15.6. The molecule has 0 heterocycles. The molecule has 0 bridgehead atoms. The molecule has 1 rings (SSSR count). The zero-order valence-electron chi connectivity index (χ0n) is 11.3. The number of nitrogens with two attached hydrogens (primary N) is 2. The first-order valence-electron chi connectivity index (χ1n) is 6.13. The highest BCUT2D eigenvalue weighted by Gasteiger charge is 2.21. The van der Waals surface area contributed by atoms with Crippen LogP contribution in [0.4, 0.5) is 11.4 Å². The van der Waals surface area contributed by atoms with Crippen molar-refractivity contribution < 1.29 is 14.4 Å². The highest BCUT2D eigenvalue weighted by atomic mass is 16.2. The first-order chi connectivity index (χ1) is 9.49. The number of imide groups is 1. The van der Waals surface area contributed by atoms with Crippen LogP contribution in [0.2, 0.25) is 0 Å². The second kappa shape index (κ2) is 7.25. The van der Waals surface area contributed by atoms with Crippen LogP contribution in [0.1, 0.15) is 12.0 Å². The van der Waals surface area contributed by atoms with E-state index in [2.05, 4.69) is 5.32 Å². The van der Waals surface area contributed by atoms with Gasteiger partial charge in [0.2, 0.25) is 6.41 Å². The van der Waals surface area contributed by atoms with Gasteiger partial charge in [-0.2, -0.15) is 0 Å². The van der Waals surface area contributed by atoms with Crippen LogP contribution in [0.15, 0.2) is 18.2 Å². The quantitative estimate of drug-likeness (QED) is 0.393. The van der Waals surface area contributed by atoms with E-state index in [1.165, 1.54) is 0 Å². The van der Waals surface area contributed by atoms with E-state index in [0.717, 1.165) is 10.5 Å². The minimum absolute atomic E-state index is 0.107. The summed E-state index contributed by atoms with van der Waals surface area (Å²) in [5.41, 5.74) is 12.6. The molecule has 5 N–H and O–H groups in total. The minimum atomic E-state index is -0.937. The summed E-state index contributed by atoms with van der Waals surface area (Å²) < 4.78 is 0. The molecule has 0 unspecified atom stereocenters. The van der Waals surface area contributed by atoms with Crippen molar-refractivity contribution in [1.82, 2.24) is 4.90 Å². The summed E-state index contributed by atoms with van der Waals surface area (Å²) in [4.78, 5) is 35.1. The molecule has 7 nitrogen and oxygen atoms in total. The molecule has 108 valence electrons. The van der Waals surface area contributed by atoms with E-state index < -0.39 is 11.8 Å². The largest absolute Gasteiger partial charge is 0.397 e. The fraction of sp³-hybridized carbons (Fsp3) is 0.308. The topological polar surface area (TPSA) is 119 Å². The Morgan fingerprint density at radius 2 is 2.10 bits per heavy atom. The summed E-state index contributed by atoms with van der Waals surface area (Å²) in [5, 5.41) is 2.38. The monoisotopic (exact) mass is 278 g/mol. The van der Waals surface area contributed by atoms with E-state index in [4.69, 9.17) is 11.5 Å². The normalized spacial score (nSPS) is 9.90. The van der Waals surface area contributed by atoms with Crippen molar-refractivity contribution in [2.75, 3.05) is 24.1 Å². The summed E-state index contributed by atoms with van der Waals surface area (Å²) in [6.45, 7) is 2.29. The molecule has 7 heteroatoms. The lowest BCUT2D eigenvalue weighted by atomic mass is 10.2. The number of hydrogen-bond donors (Lipinski definition) is 3. The maximum absolute atomic E-state index is 11.8. The Bertz CT molecular complexity index is 516. The molecule has 0 atom stereocenters. The van der Waals surface area contributed by atoms with E-state index in [1.807, 2.05) is 6.92 Å². The number of carbonyl (C=O) groups excluding carboxylic acids is 3. The van der Waals surface area contributed by atoms with Crippen LogP contribution in [-0.4, -0.2) is 36.2 Å². The second-order valence-corrected chi connectivity index (χ2v) is 4.29. The smallest absolute Gasteiger partial charge is 0.318 e. The van der Waals surface area contributed by atoms with Gasteiger partial charge in [-0.15, -0.1) is 0 Å². The number of aryl methyl sites for hydroxylation is 1. The molecule has 1 aromatic rings. The van der Waals surface area contributed by atoms with Gasteiger partial charge in [0.15, 0.2) is 0 Å². The summed E-state index contributed by atoms with van der Waals surface area (Å²) in [7, 11) is 0. The number of benzene rings is 1. The predicted octanol–water partition coefficient (Wildman–Crippen LogP) is -0.150. The van der Waals surface area contributed by atoms with Gasteiger partial charge in [-0.1, -0.05) is 6.07 Å². The van der Waals surface area contributed by atoms with Crippen LogP contribution >= 0.6 is 0 Å². The standard InChI is InChI=1S/C13H18N4O3/c1-9-3-4-11(10(15)7-9)16-12(19)13(20)17(8-18)6-2-5-14/h3-4,7-8H,2,5-6,14-15H2,1H3,(H,16,19). The lowest BCUT2D eigenvalue weighted by molar-refractivity contribution is -0.146. The minimum Gasteiger partial charge on any atom is -0.397 e. The molecule has 0 aliphatic rings. The molecule has 1 aromatic carbocycles. The van der Waals surface area contributed by atoms with Crippen LogP contribution < -0.4 is 16.8 Å². The van der Waals surface area contributed by atoms with Gasteiger partial charge in [0, 0.05) is 6.54 Å². The molecule has 0 saturated heterocycles. The average Bonchev–Trinajstić information content (AvgIpc) is 2.42. The summed E-state index contributed by atoms with van der Waals surface area (Å²) in [6, 6.07) is 5.02. The zero-order valence-corrected chi connectivity index (χ0v) is 11.3. The Hall–Kier alpha value is -2.41. The van der Waals surface area contributed by atoms with E-state index >= 15 is 0 Å². The van der Waals surface area contributed by atoms with Crippen molar-refractivity contribution in [3.05, 3.63) is 23.8 Å². The third-order valence-corrected chi connectivity index (χ3v) is 2.64. The molecule has 0 aliphatic heterocycles. The van der Waals surface area contributed by atoms with Crippen molar-refractivity contribution in [2.24, 2.45) is 5.73 Å². The number of rotatable bonds is 5. The molecular formula is C13H18N4O3. The highest BCUT2D eigenvalue weighted by Crippen LogP contribution is 2.19. The van der Waals surface area contributed by atoms with Crippen molar-refractivity contribution >= 4 is 29.6 Å². The fourth-order valence-corrected chi connectivity index (χ4v) is 1.57. The van der Waals surface area contributed by atoms with Gasteiger partial charge in [0.05, 0.1) is 11.4 Å². The first-order valence-corrected chi connectivity index (χ1v) is 6.13. The van der Waals surface area contributed by atoms with Crippen molar-refractivity contribution in [2.45, 2.75) is 13.3 Å². The number of nitrogens with one attached hydrogen (secondary N) is 1. The van der Waals surface area contributed by atoms with Crippen LogP contribution in [0.5, 0.6) is 0 Å². The maximum atomic E-state index is 11.8. The molecule has 20 heavy (non-hydrogen) atoms. The van der Waals surface area contributed by atoms with Gasteiger partial charge in [-0.25, -0.2) is 0 Å². The predicted molar refractivity (Wildman–Crippen MR) is 75.7 cm³/mol. The van der Waals surface area contributed by atoms with Gasteiger partial charge in [-0.3, -0.25) is 19.3 Å². The summed E-state index contributed by atoms with van der Waals surface area (Å²) >= 11 is 0. The number of nitrogen functional groups attached to an aromatic ring is 1. The second-order valence-electron chi connectivity index (χ2n) is 4.29. The number of nitrogens with zero attached hydrogens (tertiary/aromatic N) is 1. The number of anilines is 2. The number of hydrogen-bond acceptors (Lipinski definition) is 5. The molecular weight excluding hydrogens is 260 g/mol. The Kier molecular flexibility index (Phi) is 5.67. The lowest BCUT2D eigenvalue weighted by Crippen LogP contribution is -2.40. The zero-order chi connectivity index (χ0) is 15.1. The molecule has 0 spiro atoms. The van der Waals surface area contributed by atoms with Gasteiger partial charge >= 0.3 is 11.8 Å². The Balaban J connectivity index is 2.74. The lowest BCUT2D eigenvalue weighted by Gasteiger charge is -2.15. The van der Waals surface area contributed by atoms with Crippen LogP contribution in [0.3, 0.4) is 0 Å².